The number of carbonyl (C=O) groups excluding carboxylic acids is 1. The van der Waals surface area contributed by atoms with Gasteiger partial charge in [-0.1, -0.05) is 36.0 Å². The lowest BCUT2D eigenvalue weighted by atomic mass is 10.2. The second-order valence-electron chi connectivity index (χ2n) is 6.37. The number of carbonyl (C=O) groups is 1. The SMILES string of the molecule is O=C(CSc1nc2ccccc2s1)NCc1ccc(N2CCCC2)cc1. The molecule has 1 fully saturated rings. The Bertz CT molecular complexity index is 852. The van der Waals surface area contributed by atoms with E-state index in [1.165, 1.54) is 30.3 Å². The van der Waals surface area contributed by atoms with Gasteiger partial charge in [-0.05, 0) is 42.7 Å². The molecule has 1 aliphatic heterocycles. The highest BCUT2D eigenvalue weighted by atomic mass is 32.2. The first-order valence-corrected chi connectivity index (χ1v) is 10.7. The second-order valence-corrected chi connectivity index (χ2v) is 8.63. The van der Waals surface area contributed by atoms with E-state index in [0.29, 0.717) is 12.3 Å². The number of thiazole rings is 1. The van der Waals surface area contributed by atoms with Crippen molar-refractivity contribution in [2.24, 2.45) is 0 Å². The van der Waals surface area contributed by atoms with Crippen molar-refractivity contribution >= 4 is 44.9 Å². The standard InChI is InChI=1S/C20H21N3OS2/c24-19(14-25-20-22-17-5-1-2-6-18(17)26-20)21-13-15-7-9-16(10-8-15)23-11-3-4-12-23/h1-2,5-10H,3-4,11-14H2,(H,21,24). The zero-order valence-electron chi connectivity index (χ0n) is 14.5. The van der Waals surface area contributed by atoms with Crippen LogP contribution in [0.4, 0.5) is 5.69 Å². The number of nitrogens with zero attached hydrogens (tertiary/aromatic N) is 2. The summed E-state index contributed by atoms with van der Waals surface area (Å²) in [5.41, 5.74) is 3.41. The summed E-state index contributed by atoms with van der Waals surface area (Å²) in [6.45, 7) is 2.87. The Morgan fingerprint density at radius 3 is 2.65 bits per heavy atom. The summed E-state index contributed by atoms with van der Waals surface area (Å²) in [7, 11) is 0. The average molecular weight is 384 g/mol. The summed E-state index contributed by atoms with van der Waals surface area (Å²) in [4.78, 5) is 19.1. The van der Waals surface area contributed by atoms with Gasteiger partial charge >= 0.3 is 0 Å². The highest BCUT2D eigenvalue weighted by Gasteiger charge is 2.12. The third-order valence-corrected chi connectivity index (χ3v) is 6.68. The lowest BCUT2D eigenvalue weighted by Crippen LogP contribution is -2.24. The quantitative estimate of drug-likeness (QED) is 0.645. The molecule has 0 radical (unpaired) electrons. The Hall–Kier alpha value is -2.05. The van der Waals surface area contributed by atoms with Crippen LogP contribution in [0.3, 0.4) is 0 Å². The predicted octanol–water partition coefficient (Wildman–Crippen LogP) is 4.31. The molecule has 134 valence electrons. The van der Waals surface area contributed by atoms with Gasteiger partial charge in [0, 0.05) is 25.3 Å². The summed E-state index contributed by atoms with van der Waals surface area (Å²) in [5, 5.41) is 3.00. The van der Waals surface area contributed by atoms with E-state index < -0.39 is 0 Å². The first-order valence-electron chi connectivity index (χ1n) is 8.87. The number of rotatable bonds is 6. The number of anilines is 1. The number of benzene rings is 2. The van der Waals surface area contributed by atoms with E-state index in [2.05, 4.69) is 45.5 Å². The maximum Gasteiger partial charge on any atom is 0.230 e. The van der Waals surface area contributed by atoms with Crippen molar-refractivity contribution in [2.45, 2.75) is 23.7 Å². The van der Waals surface area contributed by atoms with Crippen molar-refractivity contribution in [1.82, 2.24) is 10.3 Å². The Balaban J connectivity index is 1.25. The number of hydrogen-bond donors (Lipinski definition) is 1. The van der Waals surface area contributed by atoms with Gasteiger partial charge in [0.1, 0.15) is 0 Å². The number of para-hydroxylation sites is 1. The molecule has 4 nitrogen and oxygen atoms in total. The molecule has 1 N–H and O–H groups in total. The van der Waals surface area contributed by atoms with Crippen LogP contribution in [0, 0.1) is 0 Å². The number of nitrogens with one attached hydrogen (secondary N) is 1. The fourth-order valence-electron chi connectivity index (χ4n) is 3.09. The topological polar surface area (TPSA) is 45.2 Å². The summed E-state index contributed by atoms with van der Waals surface area (Å²) < 4.78 is 2.10. The molecule has 2 aromatic carbocycles. The molecule has 1 aromatic heterocycles. The van der Waals surface area contributed by atoms with Gasteiger partial charge in [0.15, 0.2) is 4.34 Å². The predicted molar refractivity (Wildman–Crippen MR) is 110 cm³/mol. The molecule has 0 aliphatic carbocycles. The third kappa shape index (κ3) is 4.19. The zero-order chi connectivity index (χ0) is 17.8. The molecule has 3 aromatic rings. The lowest BCUT2D eigenvalue weighted by Gasteiger charge is -2.17. The minimum absolute atomic E-state index is 0.0397. The van der Waals surface area contributed by atoms with Crippen LogP contribution in [0.15, 0.2) is 52.9 Å². The van der Waals surface area contributed by atoms with Crippen LogP contribution in [0.2, 0.25) is 0 Å². The molecule has 1 aliphatic rings. The first kappa shape index (κ1) is 17.4. The minimum Gasteiger partial charge on any atom is -0.372 e. The van der Waals surface area contributed by atoms with Gasteiger partial charge < -0.3 is 10.2 Å². The summed E-state index contributed by atoms with van der Waals surface area (Å²) in [5.74, 6) is 0.434. The number of hydrogen-bond acceptors (Lipinski definition) is 5. The number of amides is 1. The molecule has 26 heavy (non-hydrogen) atoms. The number of fused-ring (bicyclic) bond motifs is 1. The monoisotopic (exact) mass is 383 g/mol. The molecule has 0 saturated carbocycles. The van der Waals surface area contributed by atoms with Gasteiger partial charge in [0.2, 0.25) is 5.91 Å². The molecule has 0 unspecified atom stereocenters. The molecular formula is C20H21N3OS2. The summed E-state index contributed by atoms with van der Waals surface area (Å²) >= 11 is 3.13. The number of thioether (sulfide) groups is 1. The van der Waals surface area contributed by atoms with E-state index in [-0.39, 0.29) is 5.91 Å². The van der Waals surface area contributed by atoms with Gasteiger partial charge in [0.05, 0.1) is 16.0 Å². The van der Waals surface area contributed by atoms with Crippen LogP contribution in [-0.4, -0.2) is 29.7 Å². The summed E-state index contributed by atoms with van der Waals surface area (Å²) in [6, 6.07) is 16.6. The summed E-state index contributed by atoms with van der Waals surface area (Å²) in [6.07, 6.45) is 2.56. The van der Waals surface area contributed by atoms with Crippen molar-refractivity contribution in [2.75, 3.05) is 23.7 Å². The van der Waals surface area contributed by atoms with E-state index in [9.17, 15) is 4.79 Å². The van der Waals surface area contributed by atoms with Crippen molar-refractivity contribution in [3.63, 3.8) is 0 Å². The van der Waals surface area contributed by atoms with Gasteiger partial charge in [-0.2, -0.15) is 0 Å². The van der Waals surface area contributed by atoms with Gasteiger partial charge in [0.25, 0.3) is 0 Å². The van der Waals surface area contributed by atoms with Crippen molar-refractivity contribution in [3.8, 4) is 0 Å². The van der Waals surface area contributed by atoms with Crippen LogP contribution >= 0.6 is 23.1 Å². The molecule has 0 atom stereocenters. The Labute approximate surface area is 161 Å². The van der Waals surface area contributed by atoms with Crippen LogP contribution in [0.25, 0.3) is 10.2 Å². The zero-order valence-corrected chi connectivity index (χ0v) is 16.1. The highest BCUT2D eigenvalue weighted by Crippen LogP contribution is 2.29. The molecule has 4 rings (SSSR count). The highest BCUT2D eigenvalue weighted by molar-refractivity contribution is 8.01. The molecule has 2 heterocycles. The largest absolute Gasteiger partial charge is 0.372 e. The Kier molecular flexibility index (Phi) is 5.41. The fraction of sp³-hybridized carbons (Fsp3) is 0.300. The van der Waals surface area contributed by atoms with Gasteiger partial charge in [-0.25, -0.2) is 4.98 Å². The van der Waals surface area contributed by atoms with Crippen LogP contribution in [0.1, 0.15) is 18.4 Å². The van der Waals surface area contributed by atoms with E-state index in [1.807, 2.05) is 18.2 Å². The average Bonchev–Trinajstić information content (AvgIpc) is 3.34. The van der Waals surface area contributed by atoms with E-state index >= 15 is 0 Å². The molecule has 6 heteroatoms. The van der Waals surface area contributed by atoms with Gasteiger partial charge in [-0.3, -0.25) is 4.79 Å². The smallest absolute Gasteiger partial charge is 0.230 e. The van der Waals surface area contributed by atoms with Crippen molar-refractivity contribution in [3.05, 3.63) is 54.1 Å². The second kappa shape index (κ2) is 8.10. The fourth-order valence-corrected chi connectivity index (χ4v) is 4.99. The lowest BCUT2D eigenvalue weighted by molar-refractivity contribution is -0.118. The molecular weight excluding hydrogens is 362 g/mol. The number of aromatic nitrogens is 1. The molecule has 0 bridgehead atoms. The van der Waals surface area contributed by atoms with Crippen LogP contribution < -0.4 is 10.2 Å². The van der Waals surface area contributed by atoms with E-state index in [1.54, 1.807) is 11.3 Å². The van der Waals surface area contributed by atoms with E-state index in [4.69, 9.17) is 0 Å². The molecule has 1 amide bonds. The van der Waals surface area contributed by atoms with Gasteiger partial charge in [-0.15, -0.1) is 11.3 Å². The minimum atomic E-state index is 0.0397. The third-order valence-electron chi connectivity index (χ3n) is 4.50. The Morgan fingerprint density at radius 1 is 1.12 bits per heavy atom. The maximum absolute atomic E-state index is 12.1. The molecule has 1 saturated heterocycles. The normalized spacial score (nSPS) is 14.1. The van der Waals surface area contributed by atoms with Crippen molar-refractivity contribution < 1.29 is 4.79 Å². The van der Waals surface area contributed by atoms with E-state index in [0.717, 1.165) is 33.2 Å². The first-order chi connectivity index (χ1) is 12.8. The van der Waals surface area contributed by atoms with Crippen LogP contribution in [-0.2, 0) is 11.3 Å². The van der Waals surface area contributed by atoms with Crippen molar-refractivity contribution in [1.29, 1.82) is 0 Å². The Morgan fingerprint density at radius 2 is 1.88 bits per heavy atom. The van der Waals surface area contributed by atoms with Crippen LogP contribution in [0.5, 0.6) is 0 Å². The maximum atomic E-state index is 12.1. The molecule has 0 spiro atoms.